The maximum absolute atomic E-state index is 12.9. The maximum Gasteiger partial charge on any atom is 0.256 e. The molecule has 2 aromatic heterocycles. The topological polar surface area (TPSA) is 87.2 Å². The third-order valence-corrected chi connectivity index (χ3v) is 7.63. The van der Waals surface area contributed by atoms with E-state index in [0.29, 0.717) is 23.5 Å². The fraction of sp³-hybridized carbons (Fsp3) is 0.379. The predicted octanol–water partition coefficient (Wildman–Crippen LogP) is 5.14. The summed E-state index contributed by atoms with van der Waals surface area (Å²) in [4.78, 5) is 15.3. The molecule has 3 N–H and O–H groups in total. The molecule has 2 aromatic carbocycles. The number of ether oxygens (including phenoxy) is 1. The van der Waals surface area contributed by atoms with Crippen molar-refractivity contribution in [2.24, 2.45) is 0 Å². The lowest BCUT2D eigenvalue weighted by Gasteiger charge is -2.30. The van der Waals surface area contributed by atoms with E-state index >= 15 is 0 Å². The van der Waals surface area contributed by atoms with E-state index in [2.05, 4.69) is 67.7 Å². The van der Waals surface area contributed by atoms with Crippen molar-refractivity contribution in [1.82, 2.24) is 19.7 Å². The fourth-order valence-electron chi connectivity index (χ4n) is 5.53. The van der Waals surface area contributed by atoms with Crippen molar-refractivity contribution in [3.63, 3.8) is 0 Å². The first kappa shape index (κ1) is 23.8. The summed E-state index contributed by atoms with van der Waals surface area (Å²) in [6.45, 7) is 3.76. The number of hydrogen-bond acceptors (Lipinski definition) is 5. The summed E-state index contributed by atoms with van der Waals surface area (Å²) < 4.78 is 7.99. The van der Waals surface area contributed by atoms with Crippen LogP contribution in [0.3, 0.4) is 0 Å². The lowest BCUT2D eigenvalue weighted by Crippen LogP contribution is -2.36. The molecule has 192 valence electrons. The molecule has 8 nitrogen and oxygen atoms in total. The van der Waals surface area contributed by atoms with Gasteiger partial charge < -0.3 is 24.8 Å². The highest BCUT2D eigenvalue weighted by molar-refractivity contribution is 6.04. The summed E-state index contributed by atoms with van der Waals surface area (Å²) in [6, 6.07) is 21.1. The van der Waals surface area contributed by atoms with Crippen LogP contribution in [0.5, 0.6) is 0 Å². The molecule has 6 rings (SSSR count). The number of anilines is 2. The Kier molecular flexibility index (Phi) is 6.68. The van der Waals surface area contributed by atoms with Gasteiger partial charge in [0.15, 0.2) is 0 Å². The Morgan fingerprint density at radius 1 is 1.00 bits per heavy atom. The van der Waals surface area contributed by atoms with Crippen LogP contribution in [-0.2, 0) is 4.74 Å². The monoisotopic (exact) mass is 498 g/mol. The van der Waals surface area contributed by atoms with E-state index in [9.17, 15) is 4.79 Å². The van der Waals surface area contributed by atoms with Gasteiger partial charge in [-0.25, -0.2) is 0 Å². The molecule has 2 aliphatic heterocycles. The second-order valence-corrected chi connectivity index (χ2v) is 10.2. The van der Waals surface area contributed by atoms with Crippen molar-refractivity contribution in [3.05, 3.63) is 66.2 Å². The highest BCUT2D eigenvalue weighted by atomic mass is 16.5. The Hall–Kier alpha value is -3.62. The average Bonchev–Trinajstić information content (AvgIpc) is 3.55. The number of nitrogens with one attached hydrogen (secondary N) is 3. The number of para-hydroxylation sites is 1. The minimum atomic E-state index is -0.161. The zero-order chi connectivity index (χ0) is 25.2. The first-order valence-electron chi connectivity index (χ1n) is 13.2. The number of piperidine rings is 1. The van der Waals surface area contributed by atoms with Gasteiger partial charge in [0.2, 0.25) is 0 Å². The number of hydrogen-bond donors (Lipinski definition) is 3. The summed E-state index contributed by atoms with van der Waals surface area (Å²) in [5.74, 6) is 0.420. The number of amides is 1. The zero-order valence-corrected chi connectivity index (χ0v) is 21.2. The second kappa shape index (κ2) is 10.4. The Bertz CT molecular complexity index is 1360. The fourth-order valence-corrected chi connectivity index (χ4v) is 5.53. The number of aromatic amines is 1. The number of carbonyl (C=O) groups is 1. The third-order valence-electron chi connectivity index (χ3n) is 7.63. The van der Waals surface area contributed by atoms with Crippen LogP contribution in [0.2, 0.25) is 0 Å². The molecule has 8 heteroatoms. The van der Waals surface area contributed by atoms with Gasteiger partial charge in [0.1, 0.15) is 11.5 Å². The van der Waals surface area contributed by atoms with E-state index in [0.717, 1.165) is 69.1 Å². The normalized spacial score (nSPS) is 17.8. The number of likely N-dealkylation sites (tertiary alicyclic amines) is 1. The van der Waals surface area contributed by atoms with Crippen LogP contribution >= 0.6 is 0 Å². The molecule has 2 fully saturated rings. The zero-order valence-electron chi connectivity index (χ0n) is 21.2. The first-order valence-corrected chi connectivity index (χ1v) is 13.2. The second-order valence-electron chi connectivity index (χ2n) is 10.2. The Morgan fingerprint density at radius 2 is 1.76 bits per heavy atom. The van der Waals surface area contributed by atoms with Gasteiger partial charge in [-0.05, 0) is 82.2 Å². The molecule has 0 unspecified atom stereocenters. The average molecular weight is 499 g/mol. The summed E-state index contributed by atoms with van der Waals surface area (Å²) >= 11 is 0. The largest absolute Gasteiger partial charge is 0.382 e. The molecular weight excluding hydrogens is 464 g/mol. The van der Waals surface area contributed by atoms with Crippen molar-refractivity contribution in [2.75, 3.05) is 44.0 Å². The molecule has 0 radical (unpaired) electrons. The molecule has 0 saturated carbocycles. The smallest absolute Gasteiger partial charge is 0.256 e. The minimum Gasteiger partial charge on any atom is -0.382 e. The molecule has 2 saturated heterocycles. The van der Waals surface area contributed by atoms with Crippen LogP contribution in [0, 0.1) is 0 Å². The maximum atomic E-state index is 12.9. The quantitative estimate of drug-likeness (QED) is 0.343. The minimum absolute atomic E-state index is 0.161. The number of fused-ring (bicyclic) bond motifs is 1. The lowest BCUT2D eigenvalue weighted by molar-refractivity contribution is 0.0711. The van der Waals surface area contributed by atoms with Gasteiger partial charge in [-0.2, -0.15) is 5.10 Å². The van der Waals surface area contributed by atoms with Crippen LogP contribution in [-0.4, -0.2) is 65.0 Å². The first-order chi connectivity index (χ1) is 18.1. The SMILES string of the molecule is CN1CCC(Nc2ccc(C(=O)Nc3cc(-c4cc5ccccc5n4C4CCOCC4)n[nH]3)cc2)CC1. The Labute approximate surface area is 217 Å². The van der Waals surface area contributed by atoms with Crippen molar-refractivity contribution in [3.8, 4) is 11.4 Å². The van der Waals surface area contributed by atoms with Gasteiger partial charge in [0.25, 0.3) is 5.91 Å². The molecule has 0 bridgehead atoms. The highest BCUT2D eigenvalue weighted by Gasteiger charge is 2.23. The van der Waals surface area contributed by atoms with Gasteiger partial charge in [0.05, 0.1) is 5.69 Å². The summed E-state index contributed by atoms with van der Waals surface area (Å²) in [7, 11) is 2.16. The van der Waals surface area contributed by atoms with Gasteiger partial charge in [0, 0.05) is 53.5 Å². The Morgan fingerprint density at radius 3 is 2.54 bits per heavy atom. The molecule has 1 amide bonds. The standard InChI is InChI=1S/C29H34N6O2/c1-34-14-10-23(11-15-34)30-22-8-6-20(7-9-22)29(36)31-28-19-25(32-33-28)27-18-21-4-2-3-5-26(21)35(27)24-12-16-37-17-13-24/h2-9,18-19,23-24,30H,10-17H2,1H3,(H2,31,32,33,36). The number of rotatable bonds is 6. The van der Waals surface area contributed by atoms with E-state index in [1.165, 1.54) is 10.9 Å². The summed E-state index contributed by atoms with van der Waals surface area (Å²) in [5, 5.41) is 15.3. The molecular formula is C29H34N6O2. The van der Waals surface area contributed by atoms with Gasteiger partial charge in [-0.15, -0.1) is 0 Å². The number of H-pyrrole nitrogens is 1. The van der Waals surface area contributed by atoms with E-state index in [1.807, 2.05) is 30.3 Å². The Balaban J connectivity index is 1.16. The van der Waals surface area contributed by atoms with Gasteiger partial charge in [-0.3, -0.25) is 9.89 Å². The lowest BCUT2D eigenvalue weighted by atomic mass is 10.0. The molecule has 4 heterocycles. The molecule has 0 atom stereocenters. The number of benzene rings is 2. The van der Waals surface area contributed by atoms with E-state index in [-0.39, 0.29) is 5.91 Å². The van der Waals surface area contributed by atoms with Crippen molar-refractivity contribution >= 4 is 28.3 Å². The van der Waals surface area contributed by atoms with E-state index in [1.54, 1.807) is 0 Å². The van der Waals surface area contributed by atoms with Crippen LogP contribution in [0.4, 0.5) is 11.5 Å². The van der Waals surface area contributed by atoms with Crippen molar-refractivity contribution < 1.29 is 9.53 Å². The molecule has 4 aromatic rings. The molecule has 0 aliphatic carbocycles. The van der Waals surface area contributed by atoms with Crippen molar-refractivity contribution in [1.29, 1.82) is 0 Å². The molecule has 2 aliphatic rings. The van der Waals surface area contributed by atoms with Crippen LogP contribution in [0.25, 0.3) is 22.3 Å². The highest BCUT2D eigenvalue weighted by Crippen LogP contribution is 2.35. The van der Waals surface area contributed by atoms with Crippen molar-refractivity contribution in [2.45, 2.75) is 37.8 Å². The number of nitrogens with zero attached hydrogens (tertiary/aromatic N) is 3. The summed E-state index contributed by atoms with van der Waals surface area (Å²) in [6.07, 6.45) is 4.22. The summed E-state index contributed by atoms with van der Waals surface area (Å²) in [5.41, 5.74) is 4.73. The van der Waals surface area contributed by atoms with E-state index < -0.39 is 0 Å². The van der Waals surface area contributed by atoms with Crippen LogP contribution in [0.15, 0.2) is 60.7 Å². The predicted molar refractivity (Wildman–Crippen MR) is 147 cm³/mol. The third kappa shape index (κ3) is 5.12. The van der Waals surface area contributed by atoms with Gasteiger partial charge >= 0.3 is 0 Å². The van der Waals surface area contributed by atoms with Crippen LogP contribution < -0.4 is 10.6 Å². The van der Waals surface area contributed by atoms with E-state index in [4.69, 9.17) is 4.74 Å². The van der Waals surface area contributed by atoms with Gasteiger partial charge in [-0.1, -0.05) is 18.2 Å². The molecule has 0 spiro atoms. The van der Waals surface area contributed by atoms with Crippen LogP contribution in [0.1, 0.15) is 42.1 Å². The number of carbonyl (C=O) groups excluding carboxylic acids is 1. The molecule has 37 heavy (non-hydrogen) atoms. The number of aromatic nitrogens is 3.